The molecule has 1 aliphatic rings. The minimum atomic E-state index is 0.707. The van der Waals surface area contributed by atoms with Gasteiger partial charge < -0.3 is 15.0 Å². The fraction of sp³-hybridized carbons (Fsp3) is 0.333. The third-order valence-electron chi connectivity index (χ3n) is 4.36. The summed E-state index contributed by atoms with van der Waals surface area (Å²) >= 11 is 1.65. The second-order valence-electron chi connectivity index (χ2n) is 6.02. The van der Waals surface area contributed by atoms with Crippen LogP contribution in [0.15, 0.2) is 42.6 Å². The van der Waals surface area contributed by atoms with Gasteiger partial charge in [0.1, 0.15) is 5.75 Å². The van der Waals surface area contributed by atoms with Gasteiger partial charge in [-0.1, -0.05) is 17.4 Å². The quantitative estimate of drug-likeness (QED) is 0.733. The van der Waals surface area contributed by atoms with Crippen LogP contribution in [0.4, 0.5) is 10.8 Å². The zero-order valence-corrected chi connectivity index (χ0v) is 15.0. The Morgan fingerprint density at radius 1 is 1.12 bits per heavy atom. The molecule has 0 saturated carbocycles. The predicted octanol–water partition coefficient (Wildman–Crippen LogP) is 3.55. The van der Waals surface area contributed by atoms with E-state index in [0.29, 0.717) is 6.54 Å². The normalized spacial score (nSPS) is 14.0. The lowest BCUT2D eigenvalue weighted by atomic mass is 10.3. The summed E-state index contributed by atoms with van der Waals surface area (Å²) in [5, 5.41) is 14.1. The third-order valence-corrected chi connectivity index (χ3v) is 5.35. The van der Waals surface area contributed by atoms with Gasteiger partial charge in [-0.05, 0) is 37.1 Å². The maximum atomic E-state index is 5.27. The maximum absolute atomic E-state index is 5.27. The summed E-state index contributed by atoms with van der Waals surface area (Å²) in [4.78, 5) is 2.32. The number of nitrogens with one attached hydrogen (secondary N) is 1. The monoisotopic (exact) mass is 355 g/mol. The first-order chi connectivity index (χ1) is 12.3. The van der Waals surface area contributed by atoms with Crippen LogP contribution in [0.5, 0.6) is 5.75 Å². The number of hydrogen-bond acceptors (Lipinski definition) is 6. The molecule has 1 aliphatic heterocycles. The summed E-state index contributed by atoms with van der Waals surface area (Å²) in [6.07, 6.45) is 4.53. The number of nitrogens with zero attached hydrogens (tertiary/aromatic N) is 4. The Balaban J connectivity index is 1.48. The van der Waals surface area contributed by atoms with Crippen LogP contribution in [-0.2, 0) is 6.54 Å². The molecule has 1 aromatic carbocycles. The highest BCUT2D eigenvalue weighted by Crippen LogP contribution is 2.27. The molecule has 0 aliphatic carbocycles. The van der Waals surface area contributed by atoms with Crippen LogP contribution >= 0.6 is 11.3 Å². The number of benzene rings is 1. The van der Waals surface area contributed by atoms with Crippen molar-refractivity contribution in [2.24, 2.45) is 0 Å². The highest BCUT2D eigenvalue weighted by atomic mass is 32.1. The lowest BCUT2D eigenvalue weighted by Gasteiger charge is -2.11. The summed E-state index contributed by atoms with van der Waals surface area (Å²) in [7, 11) is 1.68. The minimum absolute atomic E-state index is 0.707. The molecule has 1 saturated heterocycles. The molecule has 7 heteroatoms. The molecular formula is C18H21N5OS. The van der Waals surface area contributed by atoms with Crippen LogP contribution in [0.3, 0.4) is 0 Å². The maximum Gasteiger partial charge on any atom is 0.218 e. The number of aromatic nitrogens is 3. The van der Waals surface area contributed by atoms with E-state index in [2.05, 4.69) is 31.0 Å². The minimum Gasteiger partial charge on any atom is -0.497 e. The van der Waals surface area contributed by atoms with Crippen LogP contribution in [0.25, 0.3) is 5.13 Å². The molecule has 0 unspecified atom stereocenters. The van der Waals surface area contributed by atoms with E-state index in [1.165, 1.54) is 12.8 Å². The number of ether oxygens (including phenoxy) is 1. The van der Waals surface area contributed by atoms with Gasteiger partial charge in [0.15, 0.2) is 0 Å². The molecule has 0 bridgehead atoms. The Morgan fingerprint density at radius 2 is 1.96 bits per heavy atom. The first-order valence-electron chi connectivity index (χ1n) is 8.46. The van der Waals surface area contributed by atoms with Crippen molar-refractivity contribution in [2.75, 3.05) is 30.4 Å². The average molecular weight is 355 g/mol. The topological polar surface area (TPSA) is 55.2 Å². The van der Waals surface area contributed by atoms with Gasteiger partial charge >= 0.3 is 0 Å². The number of anilines is 2. The smallest absolute Gasteiger partial charge is 0.218 e. The van der Waals surface area contributed by atoms with Gasteiger partial charge in [0.25, 0.3) is 0 Å². The van der Waals surface area contributed by atoms with Crippen molar-refractivity contribution in [3.8, 4) is 10.9 Å². The van der Waals surface area contributed by atoms with Crippen molar-refractivity contribution in [3.63, 3.8) is 0 Å². The summed E-state index contributed by atoms with van der Waals surface area (Å²) < 4.78 is 7.37. The van der Waals surface area contributed by atoms with E-state index in [4.69, 9.17) is 4.74 Å². The number of rotatable bonds is 6. The summed E-state index contributed by atoms with van der Waals surface area (Å²) in [5.41, 5.74) is 2.18. The van der Waals surface area contributed by atoms with Crippen LogP contribution < -0.4 is 15.0 Å². The zero-order chi connectivity index (χ0) is 17.1. The Bertz CT molecular complexity index is 837. The third kappa shape index (κ3) is 3.46. The molecule has 4 rings (SSSR count). The van der Waals surface area contributed by atoms with Gasteiger partial charge in [0.05, 0.1) is 13.7 Å². The lowest BCUT2D eigenvalue weighted by Crippen LogP contribution is -2.17. The van der Waals surface area contributed by atoms with Crippen LogP contribution in [0.1, 0.15) is 18.5 Å². The van der Waals surface area contributed by atoms with Gasteiger partial charge in [-0.25, -0.2) is 0 Å². The average Bonchev–Trinajstić information content (AvgIpc) is 3.40. The molecule has 1 N–H and O–H groups in total. The predicted molar refractivity (Wildman–Crippen MR) is 101 cm³/mol. The van der Waals surface area contributed by atoms with Crippen molar-refractivity contribution in [3.05, 3.63) is 48.3 Å². The van der Waals surface area contributed by atoms with Gasteiger partial charge in [-0.2, -0.15) is 0 Å². The van der Waals surface area contributed by atoms with E-state index >= 15 is 0 Å². The zero-order valence-electron chi connectivity index (χ0n) is 14.2. The molecule has 0 radical (unpaired) electrons. The first kappa shape index (κ1) is 16.0. The molecular weight excluding hydrogens is 334 g/mol. The fourth-order valence-electron chi connectivity index (χ4n) is 3.01. The van der Waals surface area contributed by atoms with Crippen LogP contribution in [0, 0.1) is 0 Å². The molecule has 0 spiro atoms. The van der Waals surface area contributed by atoms with Gasteiger partial charge in [0.2, 0.25) is 10.3 Å². The first-order valence-corrected chi connectivity index (χ1v) is 9.28. The SMILES string of the molecule is COc1cccc(NCc2cccn2-c2nnc(N3CCCC3)s2)c1. The summed E-state index contributed by atoms with van der Waals surface area (Å²) in [6, 6.07) is 12.1. The summed E-state index contributed by atoms with van der Waals surface area (Å²) in [5.74, 6) is 0.847. The molecule has 2 aromatic heterocycles. The van der Waals surface area contributed by atoms with E-state index in [1.807, 2.05) is 36.5 Å². The molecule has 1 fully saturated rings. The Labute approximate surface area is 151 Å². The van der Waals surface area contributed by atoms with E-state index < -0.39 is 0 Å². The second-order valence-corrected chi connectivity index (χ2v) is 6.95. The van der Waals surface area contributed by atoms with E-state index in [1.54, 1.807) is 18.4 Å². The molecule has 0 amide bonds. The Hall–Kier alpha value is -2.54. The highest BCUT2D eigenvalue weighted by molar-refractivity contribution is 7.17. The fourth-order valence-corrected chi connectivity index (χ4v) is 3.93. The van der Waals surface area contributed by atoms with Crippen molar-refractivity contribution in [1.29, 1.82) is 0 Å². The van der Waals surface area contributed by atoms with Gasteiger partial charge in [-0.15, -0.1) is 10.2 Å². The van der Waals surface area contributed by atoms with E-state index in [-0.39, 0.29) is 0 Å². The highest BCUT2D eigenvalue weighted by Gasteiger charge is 2.17. The lowest BCUT2D eigenvalue weighted by molar-refractivity contribution is 0.415. The van der Waals surface area contributed by atoms with Crippen molar-refractivity contribution >= 4 is 22.2 Å². The van der Waals surface area contributed by atoms with E-state index in [9.17, 15) is 0 Å². The van der Waals surface area contributed by atoms with E-state index in [0.717, 1.165) is 40.5 Å². The number of methoxy groups -OCH3 is 1. The van der Waals surface area contributed by atoms with Crippen molar-refractivity contribution < 1.29 is 4.74 Å². The van der Waals surface area contributed by atoms with Crippen LogP contribution in [-0.4, -0.2) is 35.0 Å². The van der Waals surface area contributed by atoms with Crippen molar-refractivity contribution in [1.82, 2.24) is 14.8 Å². The van der Waals surface area contributed by atoms with Gasteiger partial charge in [-0.3, -0.25) is 4.57 Å². The number of hydrogen-bond donors (Lipinski definition) is 1. The Kier molecular flexibility index (Phi) is 4.56. The van der Waals surface area contributed by atoms with Gasteiger partial charge in [0, 0.05) is 36.7 Å². The Morgan fingerprint density at radius 3 is 2.80 bits per heavy atom. The van der Waals surface area contributed by atoms with Crippen molar-refractivity contribution in [2.45, 2.75) is 19.4 Å². The largest absolute Gasteiger partial charge is 0.497 e. The molecule has 6 nitrogen and oxygen atoms in total. The molecule has 3 heterocycles. The second kappa shape index (κ2) is 7.14. The molecule has 3 aromatic rings. The van der Waals surface area contributed by atoms with Crippen LogP contribution in [0.2, 0.25) is 0 Å². The molecule has 25 heavy (non-hydrogen) atoms. The molecule has 0 atom stereocenters. The standard InChI is InChI=1S/C18H21N5OS/c1-24-16-8-4-6-14(12-16)19-13-15-7-5-11-23(15)18-21-20-17(25-18)22-9-2-3-10-22/h4-8,11-12,19H,2-3,9-10,13H2,1H3. The summed E-state index contributed by atoms with van der Waals surface area (Å²) in [6.45, 7) is 2.88. The molecule has 130 valence electrons.